The highest BCUT2D eigenvalue weighted by Gasteiger charge is 2.23. The molecule has 2 aliphatic rings. The van der Waals surface area contributed by atoms with Gasteiger partial charge in [0.15, 0.2) is 0 Å². The van der Waals surface area contributed by atoms with Crippen molar-refractivity contribution in [2.75, 3.05) is 39.3 Å². The lowest BCUT2D eigenvalue weighted by Crippen LogP contribution is -2.45. The molecule has 88 valence electrons. The molecule has 0 aromatic rings. The van der Waals surface area contributed by atoms with E-state index >= 15 is 0 Å². The van der Waals surface area contributed by atoms with Crippen LogP contribution in [0, 0.1) is 5.92 Å². The van der Waals surface area contributed by atoms with E-state index in [9.17, 15) is 5.11 Å². The number of hydrogen-bond donors (Lipinski definition) is 1. The van der Waals surface area contributed by atoms with Gasteiger partial charge < -0.3 is 14.9 Å². The van der Waals surface area contributed by atoms with Crippen LogP contribution in [0.25, 0.3) is 0 Å². The number of hydrogen-bond acceptors (Lipinski definition) is 3. The van der Waals surface area contributed by atoms with Crippen LogP contribution in [0.5, 0.6) is 0 Å². The van der Waals surface area contributed by atoms with Crippen LogP contribution in [-0.4, -0.2) is 60.3 Å². The lowest BCUT2D eigenvalue weighted by atomic mass is 9.92. The summed E-state index contributed by atoms with van der Waals surface area (Å²) in [5.74, 6) is 0.547. The van der Waals surface area contributed by atoms with Crippen LogP contribution in [0.3, 0.4) is 0 Å². The summed E-state index contributed by atoms with van der Waals surface area (Å²) in [6.45, 7) is 9.40. The third kappa shape index (κ3) is 3.16. The second-order valence-electron chi connectivity index (χ2n) is 5.11. The van der Waals surface area contributed by atoms with Gasteiger partial charge in [0.1, 0.15) is 0 Å². The highest BCUT2D eigenvalue weighted by molar-refractivity contribution is 4.77. The first-order valence-electron chi connectivity index (χ1n) is 6.38. The van der Waals surface area contributed by atoms with Crippen LogP contribution in [0.15, 0.2) is 0 Å². The monoisotopic (exact) mass is 212 g/mol. The van der Waals surface area contributed by atoms with E-state index in [0.29, 0.717) is 5.92 Å². The summed E-state index contributed by atoms with van der Waals surface area (Å²) in [6, 6.07) is 0. The average Bonchev–Trinajstić information content (AvgIpc) is 2.16. The molecule has 0 aromatic heterocycles. The minimum atomic E-state index is -0.109. The normalized spacial score (nSPS) is 27.6. The summed E-state index contributed by atoms with van der Waals surface area (Å²) in [7, 11) is 0. The van der Waals surface area contributed by atoms with Gasteiger partial charge in [-0.1, -0.05) is 0 Å². The lowest BCUT2D eigenvalue weighted by molar-refractivity contribution is 0.0638. The van der Waals surface area contributed by atoms with Crippen LogP contribution in [0.4, 0.5) is 0 Å². The fourth-order valence-corrected chi connectivity index (χ4v) is 2.55. The third-order valence-corrected chi connectivity index (χ3v) is 4.00. The van der Waals surface area contributed by atoms with E-state index < -0.39 is 0 Å². The average molecular weight is 212 g/mol. The molecule has 0 bridgehead atoms. The van der Waals surface area contributed by atoms with Gasteiger partial charge in [0.2, 0.25) is 0 Å². The summed E-state index contributed by atoms with van der Waals surface area (Å²) in [6.07, 6.45) is 3.64. The van der Waals surface area contributed by atoms with Crippen molar-refractivity contribution < 1.29 is 5.11 Å². The molecule has 1 N–H and O–H groups in total. The summed E-state index contributed by atoms with van der Waals surface area (Å²) in [5.41, 5.74) is 0. The Morgan fingerprint density at radius 1 is 1.07 bits per heavy atom. The number of aliphatic hydroxyl groups is 1. The molecule has 1 unspecified atom stereocenters. The van der Waals surface area contributed by atoms with Crippen molar-refractivity contribution >= 4 is 0 Å². The molecule has 2 saturated heterocycles. The maximum absolute atomic E-state index is 9.50. The fraction of sp³-hybridized carbons (Fsp3) is 1.00. The van der Waals surface area contributed by atoms with Gasteiger partial charge in [-0.25, -0.2) is 0 Å². The maximum Gasteiger partial charge on any atom is 0.0541 e. The molecule has 2 rings (SSSR count). The fourth-order valence-electron chi connectivity index (χ4n) is 2.55. The van der Waals surface area contributed by atoms with Crippen LogP contribution >= 0.6 is 0 Å². The van der Waals surface area contributed by atoms with E-state index in [1.165, 1.54) is 58.5 Å². The van der Waals surface area contributed by atoms with Gasteiger partial charge in [-0.15, -0.1) is 0 Å². The molecule has 2 heterocycles. The Morgan fingerprint density at radius 3 is 2.00 bits per heavy atom. The summed E-state index contributed by atoms with van der Waals surface area (Å²) in [4.78, 5) is 5.08. The highest BCUT2D eigenvalue weighted by Crippen LogP contribution is 2.20. The van der Waals surface area contributed by atoms with E-state index in [1.807, 2.05) is 6.92 Å². The van der Waals surface area contributed by atoms with Gasteiger partial charge in [-0.3, -0.25) is 0 Å². The van der Waals surface area contributed by atoms with Gasteiger partial charge in [0, 0.05) is 13.1 Å². The topological polar surface area (TPSA) is 26.7 Å². The number of aliphatic hydroxyl groups excluding tert-OH is 1. The van der Waals surface area contributed by atoms with Crippen LogP contribution < -0.4 is 0 Å². The SMILES string of the molecule is CC(O)C1CCN(CCN2CCC2)CC1. The molecule has 0 spiro atoms. The molecule has 0 aromatic carbocycles. The predicted molar refractivity (Wildman–Crippen MR) is 61.9 cm³/mol. The maximum atomic E-state index is 9.50. The van der Waals surface area contributed by atoms with Crippen molar-refractivity contribution in [2.45, 2.75) is 32.3 Å². The number of likely N-dealkylation sites (tertiary alicyclic amines) is 2. The van der Waals surface area contributed by atoms with E-state index in [4.69, 9.17) is 0 Å². The molecular weight excluding hydrogens is 188 g/mol. The van der Waals surface area contributed by atoms with E-state index in [1.54, 1.807) is 0 Å². The molecule has 3 heteroatoms. The second-order valence-corrected chi connectivity index (χ2v) is 5.11. The molecule has 0 aliphatic carbocycles. The Balaban J connectivity index is 1.60. The van der Waals surface area contributed by atoms with E-state index in [2.05, 4.69) is 9.80 Å². The van der Waals surface area contributed by atoms with Gasteiger partial charge in [-0.05, 0) is 58.3 Å². The second kappa shape index (κ2) is 5.28. The minimum absolute atomic E-state index is 0.109. The first-order chi connectivity index (χ1) is 7.25. The minimum Gasteiger partial charge on any atom is -0.393 e. The first kappa shape index (κ1) is 11.4. The zero-order chi connectivity index (χ0) is 10.7. The molecule has 0 saturated carbocycles. The Bertz CT molecular complexity index is 184. The van der Waals surface area contributed by atoms with Gasteiger partial charge >= 0.3 is 0 Å². The van der Waals surface area contributed by atoms with Crippen LogP contribution in [-0.2, 0) is 0 Å². The molecule has 15 heavy (non-hydrogen) atoms. The number of nitrogens with zero attached hydrogens (tertiary/aromatic N) is 2. The summed E-state index contributed by atoms with van der Waals surface area (Å²) < 4.78 is 0. The quantitative estimate of drug-likeness (QED) is 0.746. The first-order valence-corrected chi connectivity index (χ1v) is 6.38. The van der Waals surface area contributed by atoms with E-state index in [-0.39, 0.29) is 6.10 Å². The van der Waals surface area contributed by atoms with Crippen molar-refractivity contribution in [1.82, 2.24) is 9.80 Å². The van der Waals surface area contributed by atoms with Crippen molar-refractivity contribution in [2.24, 2.45) is 5.92 Å². The molecule has 2 aliphatic heterocycles. The molecule has 0 amide bonds. The lowest BCUT2D eigenvalue weighted by Gasteiger charge is -2.36. The highest BCUT2D eigenvalue weighted by atomic mass is 16.3. The summed E-state index contributed by atoms with van der Waals surface area (Å²) in [5, 5.41) is 9.50. The van der Waals surface area contributed by atoms with Crippen molar-refractivity contribution in [1.29, 1.82) is 0 Å². The zero-order valence-electron chi connectivity index (χ0n) is 9.86. The molecule has 3 nitrogen and oxygen atoms in total. The van der Waals surface area contributed by atoms with Crippen LogP contribution in [0.1, 0.15) is 26.2 Å². The van der Waals surface area contributed by atoms with E-state index in [0.717, 1.165) is 0 Å². The molecule has 2 fully saturated rings. The smallest absolute Gasteiger partial charge is 0.0541 e. The Labute approximate surface area is 93.1 Å². The number of piperidine rings is 1. The Hall–Kier alpha value is -0.120. The number of rotatable bonds is 4. The standard InChI is InChI=1S/C12H24N2O/c1-11(15)12-3-7-14(8-4-12)10-9-13-5-2-6-13/h11-12,15H,2-10H2,1H3. The van der Waals surface area contributed by atoms with Crippen LogP contribution in [0.2, 0.25) is 0 Å². The molecule has 0 radical (unpaired) electrons. The zero-order valence-corrected chi connectivity index (χ0v) is 9.86. The Kier molecular flexibility index (Phi) is 4.00. The van der Waals surface area contributed by atoms with Gasteiger partial charge in [0.25, 0.3) is 0 Å². The van der Waals surface area contributed by atoms with Crippen molar-refractivity contribution in [3.05, 3.63) is 0 Å². The van der Waals surface area contributed by atoms with Gasteiger partial charge in [-0.2, -0.15) is 0 Å². The molecular formula is C12H24N2O. The van der Waals surface area contributed by atoms with Gasteiger partial charge in [0.05, 0.1) is 6.10 Å². The largest absolute Gasteiger partial charge is 0.393 e. The molecule has 1 atom stereocenters. The third-order valence-electron chi connectivity index (χ3n) is 4.00. The van der Waals surface area contributed by atoms with Crippen molar-refractivity contribution in [3.63, 3.8) is 0 Å². The predicted octanol–water partition coefficient (Wildman–Crippen LogP) is 0.785. The Morgan fingerprint density at radius 2 is 1.60 bits per heavy atom. The summed E-state index contributed by atoms with van der Waals surface area (Å²) >= 11 is 0. The van der Waals surface area contributed by atoms with Crippen molar-refractivity contribution in [3.8, 4) is 0 Å².